The van der Waals surface area contributed by atoms with Gasteiger partial charge in [-0.3, -0.25) is 0 Å². The lowest BCUT2D eigenvalue weighted by Crippen LogP contribution is -2.12. The molecule has 0 bridgehead atoms. The predicted octanol–water partition coefficient (Wildman–Crippen LogP) is 3.91. The first-order valence-electron chi connectivity index (χ1n) is 4.88. The predicted molar refractivity (Wildman–Crippen MR) is 61.2 cm³/mol. The van der Waals surface area contributed by atoms with E-state index in [1.807, 2.05) is 19.1 Å². The van der Waals surface area contributed by atoms with Crippen LogP contribution in [0, 0.1) is 0 Å². The number of benzene rings is 1. The maximum Gasteiger partial charge on any atom is 0.122 e. The third-order valence-electron chi connectivity index (χ3n) is 2.34. The van der Waals surface area contributed by atoms with Crippen LogP contribution in [0.5, 0.6) is 5.75 Å². The van der Waals surface area contributed by atoms with Gasteiger partial charge in [-0.05, 0) is 29.5 Å². The second-order valence-corrected chi connectivity index (χ2v) is 5.00. The maximum absolute atomic E-state index is 9.99. The van der Waals surface area contributed by atoms with Crippen molar-refractivity contribution in [3.05, 3.63) is 28.3 Å². The van der Waals surface area contributed by atoms with E-state index in [0.29, 0.717) is 10.8 Å². The third-order valence-corrected chi connectivity index (χ3v) is 2.56. The number of phenolic OH excluding ortho intramolecular Hbond substituents is 1. The summed E-state index contributed by atoms with van der Waals surface area (Å²) >= 11 is 6.00. The molecule has 0 unspecified atom stereocenters. The summed E-state index contributed by atoms with van der Waals surface area (Å²) < 4.78 is 0. The zero-order valence-electron chi connectivity index (χ0n) is 9.19. The molecule has 0 aliphatic rings. The summed E-state index contributed by atoms with van der Waals surface area (Å²) in [6.07, 6.45) is 0.801. The molecule has 14 heavy (non-hydrogen) atoms. The normalized spacial score (nSPS) is 11.8. The molecule has 1 nitrogen and oxygen atoms in total. The van der Waals surface area contributed by atoms with Gasteiger partial charge in [-0.25, -0.2) is 0 Å². The second-order valence-electron chi connectivity index (χ2n) is 4.56. The molecule has 0 saturated heterocycles. The van der Waals surface area contributed by atoms with E-state index in [4.69, 9.17) is 11.6 Å². The molecular weight excluding hydrogens is 196 g/mol. The smallest absolute Gasteiger partial charge is 0.122 e. The van der Waals surface area contributed by atoms with Crippen molar-refractivity contribution >= 4 is 11.6 Å². The third kappa shape index (κ3) is 2.21. The average molecular weight is 213 g/mol. The quantitative estimate of drug-likeness (QED) is 0.749. The molecule has 2 heteroatoms. The Balaban J connectivity index is 3.37. The van der Waals surface area contributed by atoms with Gasteiger partial charge in [0.2, 0.25) is 0 Å². The van der Waals surface area contributed by atoms with Gasteiger partial charge in [-0.15, -0.1) is 0 Å². The molecule has 0 spiro atoms. The molecular formula is C12H17ClO. The van der Waals surface area contributed by atoms with Crippen molar-refractivity contribution in [2.24, 2.45) is 0 Å². The fraction of sp³-hybridized carbons (Fsp3) is 0.500. The van der Waals surface area contributed by atoms with Crippen LogP contribution in [0.2, 0.25) is 5.02 Å². The summed E-state index contributed by atoms with van der Waals surface area (Å²) in [5.41, 5.74) is 1.77. The van der Waals surface area contributed by atoms with E-state index in [1.54, 1.807) is 0 Å². The lowest BCUT2D eigenvalue weighted by Gasteiger charge is -2.22. The highest BCUT2D eigenvalue weighted by molar-refractivity contribution is 6.30. The fourth-order valence-corrected chi connectivity index (χ4v) is 1.74. The maximum atomic E-state index is 9.99. The van der Waals surface area contributed by atoms with Gasteiger partial charge < -0.3 is 5.11 Å². The van der Waals surface area contributed by atoms with Crippen molar-refractivity contribution in [2.45, 2.75) is 39.5 Å². The van der Waals surface area contributed by atoms with Gasteiger partial charge in [0.25, 0.3) is 0 Å². The molecule has 0 fully saturated rings. The van der Waals surface area contributed by atoms with Crippen molar-refractivity contribution in [1.29, 1.82) is 0 Å². The molecule has 0 saturated carbocycles. The van der Waals surface area contributed by atoms with E-state index in [-0.39, 0.29) is 5.41 Å². The van der Waals surface area contributed by atoms with E-state index < -0.39 is 0 Å². The molecule has 0 aliphatic heterocycles. The molecule has 1 rings (SSSR count). The first-order chi connectivity index (χ1) is 6.36. The van der Waals surface area contributed by atoms with Crippen molar-refractivity contribution < 1.29 is 5.11 Å². The average Bonchev–Trinajstić information content (AvgIpc) is 2.06. The molecule has 0 heterocycles. The number of hydrogen-bond acceptors (Lipinski definition) is 1. The largest absolute Gasteiger partial charge is 0.507 e. The van der Waals surface area contributed by atoms with Crippen LogP contribution in [0.4, 0.5) is 0 Å². The summed E-state index contributed by atoms with van der Waals surface area (Å²) in [6.45, 7) is 8.21. The number of phenols is 1. The number of halogens is 1. The van der Waals surface area contributed by atoms with Gasteiger partial charge in [-0.2, -0.15) is 0 Å². The Morgan fingerprint density at radius 1 is 1.29 bits per heavy atom. The van der Waals surface area contributed by atoms with Crippen molar-refractivity contribution in [2.75, 3.05) is 0 Å². The Hall–Kier alpha value is -0.690. The minimum Gasteiger partial charge on any atom is -0.507 e. The number of hydrogen-bond donors (Lipinski definition) is 1. The summed E-state index contributed by atoms with van der Waals surface area (Å²) in [5, 5.41) is 10.7. The summed E-state index contributed by atoms with van der Waals surface area (Å²) in [7, 11) is 0. The molecule has 0 atom stereocenters. The van der Waals surface area contributed by atoms with Crippen molar-refractivity contribution in [3.63, 3.8) is 0 Å². The van der Waals surface area contributed by atoms with Crippen LogP contribution in [-0.2, 0) is 11.8 Å². The van der Waals surface area contributed by atoms with Gasteiger partial charge in [0.1, 0.15) is 5.75 Å². The van der Waals surface area contributed by atoms with Gasteiger partial charge in [0.15, 0.2) is 0 Å². The van der Waals surface area contributed by atoms with Crippen LogP contribution in [0.25, 0.3) is 0 Å². The minimum absolute atomic E-state index is 0.0705. The molecule has 0 aliphatic carbocycles. The van der Waals surface area contributed by atoms with Crippen molar-refractivity contribution in [3.8, 4) is 5.75 Å². The second kappa shape index (κ2) is 3.82. The lowest BCUT2D eigenvalue weighted by molar-refractivity contribution is 0.441. The Labute approximate surface area is 90.7 Å². The van der Waals surface area contributed by atoms with Crippen LogP contribution < -0.4 is 0 Å². The SMILES string of the molecule is CCc1cc(Cl)cc(C(C)(C)C)c1O. The fourth-order valence-electron chi connectivity index (χ4n) is 1.50. The van der Waals surface area contributed by atoms with Crippen LogP contribution >= 0.6 is 11.6 Å². The zero-order valence-corrected chi connectivity index (χ0v) is 9.94. The molecule has 0 radical (unpaired) electrons. The van der Waals surface area contributed by atoms with Gasteiger partial charge >= 0.3 is 0 Å². The highest BCUT2D eigenvalue weighted by Gasteiger charge is 2.20. The molecule has 1 N–H and O–H groups in total. The highest BCUT2D eigenvalue weighted by atomic mass is 35.5. The molecule has 0 amide bonds. The van der Waals surface area contributed by atoms with Crippen LogP contribution in [0.1, 0.15) is 38.8 Å². The number of rotatable bonds is 1. The van der Waals surface area contributed by atoms with Crippen molar-refractivity contribution in [1.82, 2.24) is 0 Å². The van der Waals surface area contributed by atoms with Gasteiger partial charge in [0, 0.05) is 10.6 Å². The summed E-state index contributed by atoms with van der Waals surface area (Å²) in [4.78, 5) is 0. The Morgan fingerprint density at radius 2 is 1.86 bits per heavy atom. The Kier molecular flexibility index (Phi) is 3.10. The molecule has 1 aromatic carbocycles. The topological polar surface area (TPSA) is 20.2 Å². The Morgan fingerprint density at radius 3 is 2.29 bits per heavy atom. The van der Waals surface area contributed by atoms with E-state index in [9.17, 15) is 5.11 Å². The minimum atomic E-state index is -0.0705. The van der Waals surface area contributed by atoms with Gasteiger partial charge in [-0.1, -0.05) is 39.3 Å². The van der Waals surface area contributed by atoms with Crippen LogP contribution in [-0.4, -0.2) is 5.11 Å². The summed E-state index contributed by atoms with van der Waals surface area (Å²) in [6, 6.07) is 3.67. The first-order valence-corrected chi connectivity index (χ1v) is 5.26. The standard InChI is InChI=1S/C12H17ClO/c1-5-8-6-9(13)7-10(11(8)14)12(2,3)4/h6-7,14H,5H2,1-4H3. The van der Waals surface area contributed by atoms with E-state index >= 15 is 0 Å². The van der Waals surface area contributed by atoms with Crippen LogP contribution in [0.3, 0.4) is 0 Å². The first kappa shape index (κ1) is 11.4. The zero-order chi connectivity index (χ0) is 10.9. The monoisotopic (exact) mass is 212 g/mol. The van der Waals surface area contributed by atoms with E-state index in [2.05, 4.69) is 20.8 Å². The summed E-state index contributed by atoms with van der Waals surface area (Å²) in [5.74, 6) is 0.393. The molecule has 0 aromatic heterocycles. The molecule has 78 valence electrons. The van der Waals surface area contributed by atoms with E-state index in [0.717, 1.165) is 17.5 Å². The molecule has 1 aromatic rings. The van der Waals surface area contributed by atoms with Crippen LogP contribution in [0.15, 0.2) is 12.1 Å². The number of aromatic hydroxyl groups is 1. The van der Waals surface area contributed by atoms with Gasteiger partial charge in [0.05, 0.1) is 0 Å². The highest BCUT2D eigenvalue weighted by Crippen LogP contribution is 2.35. The lowest BCUT2D eigenvalue weighted by atomic mass is 9.85. The number of aryl methyl sites for hydroxylation is 1. The van der Waals surface area contributed by atoms with E-state index in [1.165, 1.54) is 0 Å². The Bertz CT molecular complexity index is 337.